The molecule has 0 aliphatic carbocycles. The van der Waals surface area contributed by atoms with Gasteiger partial charge in [0.2, 0.25) is 0 Å². The predicted octanol–water partition coefficient (Wildman–Crippen LogP) is 5.58. The summed E-state index contributed by atoms with van der Waals surface area (Å²) in [4.78, 5) is 4.99. The minimum atomic E-state index is 0.546. The van der Waals surface area contributed by atoms with Crippen molar-refractivity contribution in [3.8, 4) is 11.1 Å². The first-order valence-corrected chi connectivity index (χ1v) is 10.2. The highest BCUT2D eigenvalue weighted by Crippen LogP contribution is 2.43. The molecule has 28 heavy (non-hydrogen) atoms. The first kappa shape index (κ1) is 20.1. The average molecular weight is 380 g/mol. The summed E-state index contributed by atoms with van der Waals surface area (Å²) in [5.41, 5.74) is 10.3. The van der Waals surface area contributed by atoms with Gasteiger partial charge in [-0.25, -0.2) is 0 Å². The summed E-state index contributed by atoms with van der Waals surface area (Å²) in [6.45, 7) is 6.65. The second kappa shape index (κ2) is 8.13. The zero-order valence-corrected chi connectivity index (χ0v) is 18.2. The lowest BCUT2D eigenvalue weighted by atomic mass is 9.92. The Bertz CT molecular complexity index is 957. The lowest BCUT2D eigenvalue weighted by Gasteiger charge is -2.18. The maximum absolute atomic E-state index is 4.99. The molecule has 0 aliphatic rings. The van der Waals surface area contributed by atoms with Crippen LogP contribution in [0.1, 0.15) is 43.9 Å². The number of nitrogens with one attached hydrogen (secondary N) is 3. The SMILES string of the molecule is CCC(CC)c1cc(C)nc2c(-c3c(NC)cc(NC)cc3NC)cn(C)c12. The van der Waals surface area contributed by atoms with E-state index in [1.54, 1.807) is 0 Å². The molecule has 0 spiro atoms. The molecule has 0 bridgehead atoms. The van der Waals surface area contributed by atoms with Crippen molar-refractivity contribution in [2.45, 2.75) is 39.5 Å². The van der Waals surface area contributed by atoms with Gasteiger partial charge in [-0.2, -0.15) is 0 Å². The van der Waals surface area contributed by atoms with Crippen LogP contribution in [0.3, 0.4) is 0 Å². The predicted molar refractivity (Wildman–Crippen MR) is 123 cm³/mol. The molecule has 2 aromatic heterocycles. The van der Waals surface area contributed by atoms with Gasteiger partial charge >= 0.3 is 0 Å². The maximum atomic E-state index is 4.99. The van der Waals surface area contributed by atoms with Gasteiger partial charge in [0.15, 0.2) is 0 Å². The van der Waals surface area contributed by atoms with Crippen LogP contribution in [-0.4, -0.2) is 30.7 Å². The van der Waals surface area contributed by atoms with E-state index in [0.717, 1.165) is 52.2 Å². The number of anilines is 3. The van der Waals surface area contributed by atoms with Crippen molar-refractivity contribution < 1.29 is 0 Å². The number of rotatable bonds is 7. The van der Waals surface area contributed by atoms with Crippen LogP contribution in [0.5, 0.6) is 0 Å². The van der Waals surface area contributed by atoms with E-state index in [4.69, 9.17) is 4.98 Å². The van der Waals surface area contributed by atoms with E-state index in [1.807, 2.05) is 21.1 Å². The molecule has 3 rings (SSSR count). The Hall–Kier alpha value is -2.69. The van der Waals surface area contributed by atoms with Gasteiger partial charge in [-0.05, 0) is 49.4 Å². The average Bonchev–Trinajstić information content (AvgIpc) is 3.03. The molecule has 0 saturated heterocycles. The molecule has 0 radical (unpaired) electrons. The first-order valence-electron chi connectivity index (χ1n) is 10.2. The molecule has 0 unspecified atom stereocenters. The van der Waals surface area contributed by atoms with Gasteiger partial charge in [0.25, 0.3) is 0 Å². The molecule has 3 N–H and O–H groups in total. The first-order chi connectivity index (χ1) is 13.5. The molecule has 0 saturated carbocycles. The van der Waals surface area contributed by atoms with E-state index < -0.39 is 0 Å². The highest BCUT2D eigenvalue weighted by Gasteiger charge is 2.22. The zero-order chi connectivity index (χ0) is 20.4. The molecule has 0 atom stereocenters. The van der Waals surface area contributed by atoms with Gasteiger partial charge in [-0.1, -0.05) is 13.8 Å². The van der Waals surface area contributed by atoms with E-state index in [0.29, 0.717) is 5.92 Å². The fraction of sp³-hybridized carbons (Fsp3) is 0.435. The normalized spacial score (nSPS) is 11.3. The van der Waals surface area contributed by atoms with E-state index in [-0.39, 0.29) is 0 Å². The number of benzene rings is 1. The Kier molecular flexibility index (Phi) is 5.82. The quantitative estimate of drug-likeness (QED) is 0.502. The van der Waals surface area contributed by atoms with Gasteiger partial charge in [0, 0.05) is 68.3 Å². The van der Waals surface area contributed by atoms with Crippen molar-refractivity contribution in [3.63, 3.8) is 0 Å². The van der Waals surface area contributed by atoms with Crippen LogP contribution in [0.15, 0.2) is 24.4 Å². The zero-order valence-electron chi connectivity index (χ0n) is 18.2. The highest BCUT2D eigenvalue weighted by atomic mass is 15.0. The van der Waals surface area contributed by atoms with Crippen molar-refractivity contribution >= 4 is 28.1 Å². The molecular formula is C23H33N5. The number of fused-ring (bicyclic) bond motifs is 1. The molecule has 1 aromatic carbocycles. The number of hydrogen-bond donors (Lipinski definition) is 3. The van der Waals surface area contributed by atoms with Crippen LogP contribution in [-0.2, 0) is 7.05 Å². The lowest BCUT2D eigenvalue weighted by molar-refractivity contribution is 0.642. The van der Waals surface area contributed by atoms with Crippen molar-refractivity contribution in [3.05, 3.63) is 35.7 Å². The van der Waals surface area contributed by atoms with Crippen LogP contribution < -0.4 is 16.0 Å². The Morgan fingerprint density at radius 2 is 1.57 bits per heavy atom. The fourth-order valence-electron chi connectivity index (χ4n) is 4.26. The number of nitrogens with zero attached hydrogens (tertiary/aromatic N) is 2. The van der Waals surface area contributed by atoms with E-state index in [9.17, 15) is 0 Å². The van der Waals surface area contributed by atoms with Crippen LogP contribution >= 0.6 is 0 Å². The number of pyridine rings is 1. The maximum Gasteiger partial charge on any atom is 0.0966 e. The lowest BCUT2D eigenvalue weighted by Crippen LogP contribution is -2.02. The van der Waals surface area contributed by atoms with Crippen molar-refractivity contribution in [2.75, 3.05) is 37.1 Å². The monoisotopic (exact) mass is 379 g/mol. The Morgan fingerprint density at radius 1 is 0.964 bits per heavy atom. The molecule has 3 aromatic rings. The Morgan fingerprint density at radius 3 is 2.07 bits per heavy atom. The van der Waals surface area contributed by atoms with Gasteiger partial charge in [-0.3, -0.25) is 4.98 Å². The van der Waals surface area contributed by atoms with E-state index in [2.05, 4.69) is 72.7 Å². The Labute approximate surface area is 168 Å². The van der Waals surface area contributed by atoms with Crippen LogP contribution in [0.4, 0.5) is 17.1 Å². The van der Waals surface area contributed by atoms with Crippen molar-refractivity contribution in [2.24, 2.45) is 7.05 Å². The summed E-state index contributed by atoms with van der Waals surface area (Å²) < 4.78 is 2.25. The number of hydrogen-bond acceptors (Lipinski definition) is 4. The highest BCUT2D eigenvalue weighted by molar-refractivity contribution is 6.03. The van der Waals surface area contributed by atoms with Crippen LogP contribution in [0.25, 0.3) is 22.2 Å². The molecule has 2 heterocycles. The molecule has 0 amide bonds. The minimum Gasteiger partial charge on any atom is -0.388 e. The van der Waals surface area contributed by atoms with Gasteiger partial charge in [-0.15, -0.1) is 0 Å². The number of aromatic nitrogens is 2. The third-order valence-corrected chi connectivity index (χ3v) is 5.74. The molecule has 0 aliphatic heterocycles. The van der Waals surface area contributed by atoms with Gasteiger partial charge < -0.3 is 20.5 Å². The summed E-state index contributed by atoms with van der Waals surface area (Å²) in [5, 5.41) is 9.99. The van der Waals surface area contributed by atoms with Gasteiger partial charge in [0.05, 0.1) is 11.0 Å². The second-order valence-electron chi connectivity index (χ2n) is 7.41. The summed E-state index contributed by atoms with van der Waals surface area (Å²) in [5.74, 6) is 0.546. The summed E-state index contributed by atoms with van der Waals surface area (Å²) in [6.07, 6.45) is 4.49. The van der Waals surface area contributed by atoms with Crippen molar-refractivity contribution in [1.82, 2.24) is 9.55 Å². The smallest absolute Gasteiger partial charge is 0.0966 e. The third kappa shape index (κ3) is 3.30. The molecule has 150 valence electrons. The third-order valence-electron chi connectivity index (χ3n) is 5.74. The van der Waals surface area contributed by atoms with Crippen LogP contribution in [0.2, 0.25) is 0 Å². The Balaban J connectivity index is 2.38. The summed E-state index contributed by atoms with van der Waals surface area (Å²) >= 11 is 0. The van der Waals surface area contributed by atoms with Crippen LogP contribution in [0, 0.1) is 6.92 Å². The van der Waals surface area contributed by atoms with Crippen molar-refractivity contribution in [1.29, 1.82) is 0 Å². The molecule has 5 nitrogen and oxygen atoms in total. The van der Waals surface area contributed by atoms with E-state index in [1.165, 1.54) is 11.1 Å². The fourth-order valence-corrected chi connectivity index (χ4v) is 4.26. The number of aryl methyl sites for hydroxylation is 2. The topological polar surface area (TPSA) is 53.9 Å². The standard InChI is InChI=1S/C23H33N5/c1-8-15(9-2)17-10-14(3)27-22-18(13-28(7)23(17)22)21-19(25-5)11-16(24-4)12-20(21)26-6/h10-13,15,24-26H,8-9H2,1-7H3. The summed E-state index contributed by atoms with van der Waals surface area (Å²) in [7, 11) is 8.02. The molecular weight excluding hydrogens is 346 g/mol. The minimum absolute atomic E-state index is 0.546. The largest absolute Gasteiger partial charge is 0.388 e. The van der Waals surface area contributed by atoms with Gasteiger partial charge in [0.1, 0.15) is 0 Å². The summed E-state index contributed by atoms with van der Waals surface area (Å²) in [6, 6.07) is 6.56. The van der Waals surface area contributed by atoms with E-state index >= 15 is 0 Å². The second-order valence-corrected chi connectivity index (χ2v) is 7.41. The molecule has 0 fully saturated rings. The molecule has 5 heteroatoms.